The number of nitrogens with one attached hydrogen (secondary N) is 2. The van der Waals surface area contributed by atoms with Crippen LogP contribution in [0.25, 0.3) is 0 Å². The lowest BCUT2D eigenvalue weighted by Crippen LogP contribution is -2.30. The molecule has 0 unspecified atom stereocenters. The van der Waals surface area contributed by atoms with E-state index in [0.29, 0.717) is 17.3 Å². The molecule has 0 atom stereocenters. The van der Waals surface area contributed by atoms with Gasteiger partial charge in [-0.25, -0.2) is 4.98 Å². The molecule has 3 aromatic rings. The highest BCUT2D eigenvalue weighted by Crippen LogP contribution is 2.18. The molecule has 0 aliphatic heterocycles. The molecule has 0 bridgehead atoms. The Labute approximate surface area is 164 Å². The number of nitrogens with zero attached hydrogens (tertiary/aromatic N) is 2. The molecule has 6 heteroatoms. The zero-order valence-corrected chi connectivity index (χ0v) is 16.5. The van der Waals surface area contributed by atoms with Crippen molar-refractivity contribution in [1.29, 1.82) is 0 Å². The van der Waals surface area contributed by atoms with Gasteiger partial charge >= 0.3 is 0 Å². The van der Waals surface area contributed by atoms with Crippen molar-refractivity contribution >= 4 is 23.2 Å². The third kappa shape index (κ3) is 4.65. The van der Waals surface area contributed by atoms with Gasteiger partial charge in [0.15, 0.2) is 0 Å². The minimum absolute atomic E-state index is 0.132. The number of aromatic nitrogens is 2. The van der Waals surface area contributed by atoms with E-state index in [-0.39, 0.29) is 18.0 Å². The van der Waals surface area contributed by atoms with Crippen LogP contribution in [0.4, 0.5) is 17.3 Å². The minimum atomic E-state index is -0.292. The molecule has 0 spiro atoms. The molecule has 144 valence electrons. The van der Waals surface area contributed by atoms with Gasteiger partial charge in [-0.15, -0.1) is 0 Å². The van der Waals surface area contributed by atoms with Gasteiger partial charge in [0, 0.05) is 23.1 Å². The second-order valence-electron chi connectivity index (χ2n) is 6.98. The highest BCUT2D eigenvalue weighted by Gasteiger charge is 2.12. The molecule has 0 aliphatic rings. The number of hydrogen-bond acceptors (Lipinski definition) is 4. The third-order valence-electron chi connectivity index (χ3n) is 4.54. The molecular formula is C22H24N4O2. The predicted molar refractivity (Wildman–Crippen MR) is 112 cm³/mol. The fourth-order valence-electron chi connectivity index (χ4n) is 2.80. The first-order chi connectivity index (χ1) is 13.3. The first-order valence-corrected chi connectivity index (χ1v) is 9.11. The molecular weight excluding hydrogens is 352 g/mol. The molecule has 1 heterocycles. The lowest BCUT2D eigenvalue weighted by molar-refractivity contribution is -0.116. The summed E-state index contributed by atoms with van der Waals surface area (Å²) in [6, 6.07) is 14.8. The van der Waals surface area contributed by atoms with Crippen LogP contribution in [-0.2, 0) is 11.3 Å². The maximum atomic E-state index is 12.5. The van der Waals surface area contributed by atoms with Crippen LogP contribution >= 0.6 is 0 Å². The fourth-order valence-corrected chi connectivity index (χ4v) is 2.80. The van der Waals surface area contributed by atoms with Crippen molar-refractivity contribution in [2.75, 3.05) is 10.6 Å². The predicted octanol–water partition coefficient (Wildman–Crippen LogP) is 3.86. The molecule has 0 saturated carbocycles. The van der Waals surface area contributed by atoms with Crippen LogP contribution in [0.1, 0.15) is 22.4 Å². The van der Waals surface area contributed by atoms with E-state index in [1.807, 2.05) is 63.2 Å². The number of carbonyl (C=O) groups excluding carboxylic acids is 1. The van der Waals surface area contributed by atoms with Crippen LogP contribution in [0.5, 0.6) is 0 Å². The van der Waals surface area contributed by atoms with Crippen LogP contribution in [-0.4, -0.2) is 15.5 Å². The number of amides is 1. The number of benzene rings is 2. The Morgan fingerprint density at radius 2 is 1.61 bits per heavy atom. The van der Waals surface area contributed by atoms with Crippen molar-refractivity contribution in [2.45, 2.75) is 34.2 Å². The highest BCUT2D eigenvalue weighted by atomic mass is 16.2. The van der Waals surface area contributed by atoms with Crippen LogP contribution < -0.4 is 16.2 Å². The summed E-state index contributed by atoms with van der Waals surface area (Å²) in [5.74, 6) is 0.0482. The number of aryl methyl sites for hydroxylation is 4. The Balaban J connectivity index is 1.85. The lowest BCUT2D eigenvalue weighted by atomic mass is 10.1. The van der Waals surface area contributed by atoms with Crippen molar-refractivity contribution in [3.63, 3.8) is 0 Å². The van der Waals surface area contributed by atoms with Crippen LogP contribution in [0.3, 0.4) is 0 Å². The third-order valence-corrected chi connectivity index (χ3v) is 4.54. The molecule has 1 aromatic heterocycles. The zero-order valence-electron chi connectivity index (χ0n) is 16.5. The zero-order chi connectivity index (χ0) is 20.3. The van der Waals surface area contributed by atoms with E-state index in [4.69, 9.17) is 0 Å². The standard InChI is InChI=1S/C22H24N4O2/c1-14-5-8-18(9-6-14)24-20(27)13-26-21(28)12-17(4)23-22(26)25-19-10-7-15(2)16(3)11-19/h5-12H,13H2,1-4H3,(H,23,25)(H,24,27). The summed E-state index contributed by atoms with van der Waals surface area (Å²) in [6.45, 7) is 7.66. The van der Waals surface area contributed by atoms with Gasteiger partial charge in [-0.3, -0.25) is 14.2 Å². The second kappa shape index (κ2) is 8.08. The van der Waals surface area contributed by atoms with Gasteiger partial charge in [-0.1, -0.05) is 23.8 Å². The van der Waals surface area contributed by atoms with E-state index in [0.717, 1.165) is 16.8 Å². The molecule has 0 aliphatic carbocycles. The summed E-state index contributed by atoms with van der Waals surface area (Å²) in [5.41, 5.74) is 5.23. The van der Waals surface area contributed by atoms with Crippen LogP contribution in [0.15, 0.2) is 53.3 Å². The SMILES string of the molecule is Cc1ccc(NC(=O)Cn2c(Nc3ccc(C)c(C)c3)nc(C)cc2=O)cc1. The van der Waals surface area contributed by atoms with E-state index in [1.54, 1.807) is 6.92 Å². The Morgan fingerprint density at radius 1 is 0.929 bits per heavy atom. The Bertz CT molecular complexity index is 1070. The molecule has 0 fully saturated rings. The number of carbonyl (C=O) groups is 1. The first kappa shape index (κ1) is 19.4. The minimum Gasteiger partial charge on any atom is -0.326 e. The van der Waals surface area contributed by atoms with Gasteiger partial charge in [0.2, 0.25) is 11.9 Å². The Kier molecular flexibility index (Phi) is 5.59. The van der Waals surface area contributed by atoms with Gasteiger partial charge in [-0.05, 0) is 63.1 Å². The summed E-state index contributed by atoms with van der Waals surface area (Å²) in [4.78, 5) is 29.4. The summed E-state index contributed by atoms with van der Waals surface area (Å²) in [5, 5.41) is 5.98. The molecule has 3 rings (SSSR count). The van der Waals surface area contributed by atoms with E-state index in [1.165, 1.54) is 16.2 Å². The monoisotopic (exact) mass is 376 g/mol. The maximum Gasteiger partial charge on any atom is 0.255 e. The smallest absolute Gasteiger partial charge is 0.255 e. The first-order valence-electron chi connectivity index (χ1n) is 9.11. The molecule has 1 amide bonds. The van der Waals surface area contributed by atoms with Crippen molar-refractivity contribution in [1.82, 2.24) is 9.55 Å². The molecule has 0 radical (unpaired) electrons. The molecule has 28 heavy (non-hydrogen) atoms. The quantitative estimate of drug-likeness (QED) is 0.709. The largest absolute Gasteiger partial charge is 0.326 e. The average Bonchev–Trinajstić information content (AvgIpc) is 2.63. The summed E-state index contributed by atoms with van der Waals surface area (Å²) in [6.07, 6.45) is 0. The van der Waals surface area contributed by atoms with Crippen LogP contribution in [0, 0.1) is 27.7 Å². The number of rotatable bonds is 5. The van der Waals surface area contributed by atoms with E-state index < -0.39 is 0 Å². The van der Waals surface area contributed by atoms with E-state index >= 15 is 0 Å². The normalized spacial score (nSPS) is 10.6. The second-order valence-corrected chi connectivity index (χ2v) is 6.98. The van der Waals surface area contributed by atoms with Gasteiger partial charge in [0.05, 0.1) is 0 Å². The molecule has 2 N–H and O–H groups in total. The van der Waals surface area contributed by atoms with Crippen molar-refractivity contribution in [2.24, 2.45) is 0 Å². The lowest BCUT2D eigenvalue weighted by Gasteiger charge is -2.15. The van der Waals surface area contributed by atoms with E-state index in [9.17, 15) is 9.59 Å². The Hall–Kier alpha value is -3.41. The molecule has 0 saturated heterocycles. The molecule has 6 nitrogen and oxygen atoms in total. The van der Waals surface area contributed by atoms with Gasteiger partial charge in [-0.2, -0.15) is 0 Å². The average molecular weight is 376 g/mol. The van der Waals surface area contributed by atoms with Crippen molar-refractivity contribution in [3.05, 3.63) is 81.3 Å². The van der Waals surface area contributed by atoms with Gasteiger partial charge < -0.3 is 10.6 Å². The van der Waals surface area contributed by atoms with Crippen molar-refractivity contribution < 1.29 is 4.79 Å². The summed E-state index contributed by atoms with van der Waals surface area (Å²) >= 11 is 0. The van der Waals surface area contributed by atoms with Crippen LogP contribution in [0.2, 0.25) is 0 Å². The Morgan fingerprint density at radius 3 is 2.29 bits per heavy atom. The summed E-state index contributed by atoms with van der Waals surface area (Å²) < 4.78 is 1.34. The fraction of sp³-hybridized carbons (Fsp3) is 0.227. The van der Waals surface area contributed by atoms with Crippen molar-refractivity contribution in [3.8, 4) is 0 Å². The summed E-state index contributed by atoms with van der Waals surface area (Å²) in [7, 11) is 0. The van der Waals surface area contributed by atoms with E-state index in [2.05, 4.69) is 15.6 Å². The van der Waals surface area contributed by atoms with Gasteiger partial charge in [0.25, 0.3) is 5.56 Å². The van der Waals surface area contributed by atoms with Gasteiger partial charge in [0.1, 0.15) is 6.54 Å². The highest BCUT2D eigenvalue weighted by molar-refractivity contribution is 5.90. The number of anilines is 3. The molecule has 2 aromatic carbocycles. The maximum absolute atomic E-state index is 12.5. The number of hydrogen-bond donors (Lipinski definition) is 2. The topological polar surface area (TPSA) is 76.0 Å².